The molecule has 0 aliphatic carbocycles. The molecule has 5 nitrogen and oxygen atoms in total. The van der Waals surface area contributed by atoms with Gasteiger partial charge < -0.3 is 4.74 Å². The first kappa shape index (κ1) is 13.8. The largest absolute Gasteiger partial charge is 0.342 e. The monoisotopic (exact) mass is 240 g/mol. The third-order valence-corrected chi connectivity index (χ3v) is 2.79. The third kappa shape index (κ3) is 4.65. The van der Waals surface area contributed by atoms with Gasteiger partial charge in [-0.3, -0.25) is 0 Å². The minimum Gasteiger partial charge on any atom is -0.342 e. The fourth-order valence-corrected chi connectivity index (χ4v) is 1.73. The molecule has 0 N–H and O–H groups in total. The summed E-state index contributed by atoms with van der Waals surface area (Å²) >= 11 is 0. The van der Waals surface area contributed by atoms with Gasteiger partial charge in [0.15, 0.2) is 13.3 Å². The minimum absolute atomic E-state index is 0.183. The maximum Gasteiger partial charge on any atom is 0.283 e. The van der Waals surface area contributed by atoms with E-state index in [1.54, 1.807) is 0 Å². The predicted molar refractivity (Wildman–Crippen MR) is 65.2 cm³/mol. The Balaban J connectivity index is 2.28. The molecule has 0 spiro atoms. The Kier molecular flexibility index (Phi) is 6.47. The molecular weight excluding hydrogens is 218 g/mol. The first-order valence-corrected chi connectivity index (χ1v) is 6.20. The van der Waals surface area contributed by atoms with Crippen LogP contribution in [0.1, 0.15) is 38.4 Å². The fourth-order valence-electron chi connectivity index (χ4n) is 1.73. The first-order chi connectivity index (χ1) is 8.29. The number of unbranched alkanes of at least 4 members (excludes halogenated alkanes) is 3. The Labute approximate surface area is 102 Å². The highest BCUT2D eigenvalue weighted by atomic mass is 16.5. The number of imidazole rings is 1. The van der Waals surface area contributed by atoms with Gasteiger partial charge in [0.25, 0.3) is 5.82 Å². The molecule has 0 amide bonds. The van der Waals surface area contributed by atoms with Crippen molar-refractivity contribution >= 4 is 0 Å². The lowest BCUT2D eigenvalue weighted by molar-refractivity contribution is -0.679. The quantitative estimate of drug-likeness (QED) is 0.377. The highest BCUT2D eigenvalue weighted by Gasteiger charge is 2.13. The van der Waals surface area contributed by atoms with Crippen LogP contribution in [0.25, 0.3) is 0 Å². The lowest BCUT2D eigenvalue weighted by Crippen LogP contribution is -2.32. The number of ether oxygens (including phenoxy) is 1. The summed E-state index contributed by atoms with van der Waals surface area (Å²) in [6.45, 7) is 3.65. The predicted octanol–water partition coefficient (Wildman–Crippen LogP) is 2.13. The molecule has 5 heteroatoms. The van der Waals surface area contributed by atoms with Crippen LogP contribution in [0, 0.1) is 4.91 Å². The Hall–Kier alpha value is -1.23. The summed E-state index contributed by atoms with van der Waals surface area (Å²) in [5.74, 6) is 0.869. The van der Waals surface area contributed by atoms with Gasteiger partial charge in [0, 0.05) is 0 Å². The second-order valence-corrected chi connectivity index (χ2v) is 4.18. The van der Waals surface area contributed by atoms with E-state index >= 15 is 0 Å². The van der Waals surface area contributed by atoms with Crippen LogP contribution in [0.4, 0.5) is 0 Å². The van der Waals surface area contributed by atoms with Crippen molar-refractivity contribution < 1.29 is 9.30 Å². The number of nitroso groups, excluding NO2 is 1. The first-order valence-electron chi connectivity index (χ1n) is 6.20. The zero-order chi connectivity index (χ0) is 12.5. The van der Waals surface area contributed by atoms with Crippen molar-refractivity contribution in [3.05, 3.63) is 23.1 Å². The van der Waals surface area contributed by atoms with Gasteiger partial charge in [0.05, 0.1) is 13.7 Å². The fraction of sp³-hybridized carbons (Fsp3) is 0.750. The highest BCUT2D eigenvalue weighted by Crippen LogP contribution is 2.01. The average molecular weight is 240 g/mol. The van der Waals surface area contributed by atoms with Crippen LogP contribution in [0.2, 0.25) is 0 Å². The van der Waals surface area contributed by atoms with E-state index in [1.165, 1.54) is 19.3 Å². The van der Waals surface area contributed by atoms with Crippen molar-refractivity contribution in [3.63, 3.8) is 0 Å². The Morgan fingerprint density at radius 3 is 2.94 bits per heavy atom. The van der Waals surface area contributed by atoms with Gasteiger partial charge in [-0.25, -0.2) is 9.13 Å². The van der Waals surface area contributed by atoms with E-state index in [9.17, 15) is 4.91 Å². The molecule has 0 atom stereocenters. The summed E-state index contributed by atoms with van der Waals surface area (Å²) in [4.78, 5) is 10.3. The van der Waals surface area contributed by atoms with Crippen molar-refractivity contribution in [3.8, 4) is 0 Å². The van der Waals surface area contributed by atoms with Crippen LogP contribution in [0.3, 0.4) is 0 Å². The number of aryl methyl sites for hydroxylation is 1. The second-order valence-electron chi connectivity index (χ2n) is 4.18. The summed E-state index contributed by atoms with van der Waals surface area (Å²) in [6, 6.07) is 0. The molecule has 0 radical (unpaired) electrons. The van der Waals surface area contributed by atoms with E-state index in [2.05, 4.69) is 12.1 Å². The molecule has 0 aliphatic rings. The van der Waals surface area contributed by atoms with Gasteiger partial charge in [-0.2, -0.15) is 4.91 Å². The number of hydrogen-bond acceptors (Lipinski definition) is 3. The van der Waals surface area contributed by atoms with E-state index in [4.69, 9.17) is 4.74 Å². The van der Waals surface area contributed by atoms with E-state index in [-0.39, 0.29) is 6.54 Å². The van der Waals surface area contributed by atoms with Crippen LogP contribution in [-0.2, 0) is 25.1 Å². The molecule has 0 saturated carbocycles. The molecule has 0 saturated heterocycles. The molecule has 96 valence electrons. The molecule has 17 heavy (non-hydrogen) atoms. The molecule has 0 aliphatic heterocycles. The molecular formula is C12H22N3O2+. The molecule has 1 heterocycles. The van der Waals surface area contributed by atoms with Crippen LogP contribution >= 0.6 is 0 Å². The van der Waals surface area contributed by atoms with Crippen molar-refractivity contribution in [2.75, 3.05) is 6.61 Å². The van der Waals surface area contributed by atoms with Crippen LogP contribution in [0.5, 0.6) is 0 Å². The molecule has 0 aromatic carbocycles. The molecule has 1 rings (SSSR count). The van der Waals surface area contributed by atoms with Gasteiger partial charge in [-0.05, 0) is 6.42 Å². The zero-order valence-electron chi connectivity index (χ0n) is 10.8. The number of nitrogens with zero attached hydrogens (tertiary/aromatic N) is 3. The summed E-state index contributed by atoms with van der Waals surface area (Å²) < 4.78 is 9.38. The zero-order valence-corrected chi connectivity index (χ0v) is 10.8. The van der Waals surface area contributed by atoms with Gasteiger partial charge in [-0.15, -0.1) is 0 Å². The van der Waals surface area contributed by atoms with Crippen molar-refractivity contribution in [2.45, 2.75) is 45.9 Å². The summed E-state index contributed by atoms with van der Waals surface area (Å²) in [7, 11) is 1.90. The minimum atomic E-state index is 0.183. The van der Waals surface area contributed by atoms with Crippen molar-refractivity contribution in [1.82, 2.24) is 4.57 Å². The molecule has 0 fully saturated rings. The van der Waals surface area contributed by atoms with E-state index in [0.717, 1.165) is 18.9 Å². The maximum absolute atomic E-state index is 10.3. The Morgan fingerprint density at radius 1 is 1.41 bits per heavy atom. The normalized spacial score (nSPS) is 10.7. The van der Waals surface area contributed by atoms with Gasteiger partial charge >= 0.3 is 0 Å². The third-order valence-electron chi connectivity index (χ3n) is 2.79. The lowest BCUT2D eigenvalue weighted by Gasteiger charge is -2.02. The highest BCUT2D eigenvalue weighted by molar-refractivity contribution is 4.81. The second kappa shape index (κ2) is 7.95. The Bertz CT molecular complexity index is 336. The van der Waals surface area contributed by atoms with Gasteiger partial charge in [0.1, 0.15) is 12.4 Å². The molecule has 0 bridgehead atoms. The molecule has 1 aromatic heterocycles. The topological polar surface area (TPSA) is 47.5 Å². The van der Waals surface area contributed by atoms with Crippen molar-refractivity contribution in [1.29, 1.82) is 0 Å². The Morgan fingerprint density at radius 2 is 2.24 bits per heavy atom. The summed E-state index contributed by atoms with van der Waals surface area (Å²) in [5, 5.41) is 2.92. The maximum atomic E-state index is 10.3. The SMILES string of the molecule is CCCCCCOCn1cc[n+](C)c1CN=O. The lowest BCUT2D eigenvalue weighted by atomic mass is 10.2. The van der Waals surface area contributed by atoms with Crippen molar-refractivity contribution in [2.24, 2.45) is 12.2 Å². The van der Waals surface area contributed by atoms with Crippen LogP contribution in [-0.4, -0.2) is 11.2 Å². The summed E-state index contributed by atoms with van der Waals surface area (Å²) in [6.07, 6.45) is 8.64. The molecule has 0 unspecified atom stereocenters. The number of aromatic nitrogens is 2. The van der Waals surface area contributed by atoms with Gasteiger partial charge in [-0.1, -0.05) is 31.4 Å². The standard InChI is InChI=1S/C12H22N3O2/c1-3-4-5-6-9-17-11-15-8-7-14(2)12(15)10-13-16/h7-8H,3-6,9-11H2,1-2H3/q+1. The van der Waals surface area contributed by atoms with E-state index in [0.29, 0.717) is 6.73 Å². The van der Waals surface area contributed by atoms with Crippen LogP contribution < -0.4 is 4.57 Å². The van der Waals surface area contributed by atoms with E-state index < -0.39 is 0 Å². The van der Waals surface area contributed by atoms with Gasteiger partial charge in [0.2, 0.25) is 0 Å². The number of rotatable bonds is 9. The molecule has 1 aromatic rings. The summed E-state index contributed by atoms with van der Waals surface area (Å²) in [5.41, 5.74) is 0. The average Bonchev–Trinajstić information content (AvgIpc) is 2.66. The smallest absolute Gasteiger partial charge is 0.283 e. The van der Waals surface area contributed by atoms with E-state index in [1.807, 2.05) is 28.6 Å². The van der Waals surface area contributed by atoms with Crippen LogP contribution in [0.15, 0.2) is 17.6 Å². The number of hydrogen-bond donors (Lipinski definition) is 0.